The van der Waals surface area contributed by atoms with Gasteiger partial charge in [-0.25, -0.2) is 4.79 Å². The number of hydrogen-bond acceptors (Lipinski definition) is 5. The molecule has 134 valence electrons. The number of aromatic nitrogens is 1. The minimum atomic E-state index is -0.512. The van der Waals surface area contributed by atoms with Crippen molar-refractivity contribution in [1.82, 2.24) is 4.57 Å². The van der Waals surface area contributed by atoms with Crippen LogP contribution in [-0.4, -0.2) is 23.1 Å². The van der Waals surface area contributed by atoms with Gasteiger partial charge in [-0.2, -0.15) is 4.99 Å². The Morgan fingerprint density at radius 3 is 2.77 bits per heavy atom. The van der Waals surface area contributed by atoms with Gasteiger partial charge >= 0.3 is 5.97 Å². The fourth-order valence-electron chi connectivity index (χ4n) is 2.20. The zero-order chi connectivity index (χ0) is 18.5. The number of nitrogens with zero attached hydrogens (tertiary/aromatic N) is 2. The summed E-state index contributed by atoms with van der Waals surface area (Å²) in [5.74, 6) is -1.02. The van der Waals surface area contributed by atoms with E-state index in [2.05, 4.69) is 4.99 Å². The molecule has 0 aliphatic rings. The van der Waals surface area contributed by atoms with Gasteiger partial charge in [-0.05, 0) is 30.7 Å². The van der Waals surface area contributed by atoms with Gasteiger partial charge in [-0.3, -0.25) is 4.79 Å². The topological polar surface area (TPSA) is 60.7 Å². The lowest BCUT2D eigenvalue weighted by Gasteiger charge is -2.05. The molecule has 8 heteroatoms. The second-order valence-corrected chi connectivity index (χ2v) is 7.96. The third-order valence-corrected chi connectivity index (χ3v) is 5.59. The Kier molecular flexibility index (Phi) is 6.03. The van der Waals surface area contributed by atoms with Crippen LogP contribution in [0, 0.1) is 6.92 Å². The number of rotatable bonds is 5. The maximum Gasteiger partial charge on any atom is 0.348 e. The summed E-state index contributed by atoms with van der Waals surface area (Å²) < 4.78 is 6.86. The molecule has 3 aromatic rings. The van der Waals surface area contributed by atoms with Crippen molar-refractivity contribution in [3.8, 4) is 0 Å². The highest BCUT2D eigenvalue weighted by Gasteiger charge is 2.12. The van der Waals surface area contributed by atoms with Gasteiger partial charge in [0.05, 0.1) is 6.54 Å². The average Bonchev–Trinajstić information content (AvgIpc) is 3.24. The summed E-state index contributed by atoms with van der Waals surface area (Å²) >= 11 is 8.84. The first kappa shape index (κ1) is 18.6. The maximum atomic E-state index is 12.0. The standard InChI is InChI=1S/C18H15ClN2O3S2/c1-12-6-7-15(26-12)17(23)24-11-16(22)20-18-21(8-9-25-18)10-13-4-2-3-5-14(13)19/h2-9H,10-11H2,1H3. The first-order valence-electron chi connectivity index (χ1n) is 7.71. The fourth-order valence-corrected chi connectivity index (χ4v) is 3.90. The molecular formula is C18H15ClN2O3S2. The van der Waals surface area contributed by atoms with Crippen LogP contribution in [0.5, 0.6) is 0 Å². The highest BCUT2D eigenvalue weighted by molar-refractivity contribution is 7.13. The van der Waals surface area contributed by atoms with Crippen LogP contribution in [0.1, 0.15) is 20.1 Å². The van der Waals surface area contributed by atoms with Gasteiger partial charge < -0.3 is 9.30 Å². The molecular weight excluding hydrogens is 392 g/mol. The lowest BCUT2D eigenvalue weighted by atomic mass is 10.2. The minimum absolute atomic E-state index is 0.389. The predicted octanol–water partition coefficient (Wildman–Crippen LogP) is 3.91. The van der Waals surface area contributed by atoms with Gasteiger partial charge in [0, 0.05) is 21.5 Å². The Labute approximate surface area is 163 Å². The second-order valence-electron chi connectivity index (χ2n) is 5.40. The third-order valence-electron chi connectivity index (χ3n) is 3.45. The highest BCUT2D eigenvalue weighted by Crippen LogP contribution is 2.16. The largest absolute Gasteiger partial charge is 0.451 e. The number of carbonyl (C=O) groups excluding carboxylic acids is 2. The normalized spacial score (nSPS) is 11.5. The summed E-state index contributed by atoms with van der Waals surface area (Å²) in [7, 11) is 0. The number of amides is 1. The summed E-state index contributed by atoms with van der Waals surface area (Å²) in [6, 6.07) is 11.0. The monoisotopic (exact) mass is 406 g/mol. The third kappa shape index (κ3) is 4.69. The highest BCUT2D eigenvalue weighted by atomic mass is 35.5. The van der Waals surface area contributed by atoms with Crippen molar-refractivity contribution in [2.45, 2.75) is 13.5 Å². The van der Waals surface area contributed by atoms with Crippen LogP contribution in [0.15, 0.2) is 53.0 Å². The molecule has 0 saturated heterocycles. The number of thiophene rings is 1. The summed E-state index contributed by atoms with van der Waals surface area (Å²) in [5, 5.41) is 2.49. The van der Waals surface area contributed by atoms with E-state index in [-0.39, 0.29) is 6.61 Å². The number of aryl methyl sites for hydroxylation is 1. The van der Waals surface area contributed by atoms with E-state index in [4.69, 9.17) is 16.3 Å². The zero-order valence-corrected chi connectivity index (χ0v) is 16.2. The second kappa shape index (κ2) is 8.44. The molecule has 3 rings (SSSR count). The number of halogens is 1. The summed E-state index contributed by atoms with van der Waals surface area (Å²) in [6.07, 6.45) is 1.83. The van der Waals surface area contributed by atoms with Crippen LogP contribution in [0.3, 0.4) is 0 Å². The smallest absolute Gasteiger partial charge is 0.348 e. The van der Waals surface area contributed by atoms with Crippen molar-refractivity contribution >= 4 is 46.2 Å². The molecule has 1 aromatic carbocycles. The number of esters is 1. The van der Waals surface area contributed by atoms with Gasteiger partial charge in [-0.1, -0.05) is 29.8 Å². The molecule has 0 radical (unpaired) electrons. The number of thiazole rings is 1. The number of hydrogen-bond donors (Lipinski definition) is 0. The number of ether oxygens (including phenoxy) is 1. The van der Waals surface area contributed by atoms with E-state index >= 15 is 0 Å². The molecule has 0 unspecified atom stereocenters. The van der Waals surface area contributed by atoms with Gasteiger partial charge in [-0.15, -0.1) is 22.7 Å². The Bertz CT molecular complexity index is 1000. The molecule has 1 amide bonds. The number of benzene rings is 1. The van der Waals surface area contributed by atoms with Gasteiger partial charge in [0.25, 0.3) is 5.91 Å². The van der Waals surface area contributed by atoms with E-state index in [1.165, 1.54) is 22.7 Å². The van der Waals surface area contributed by atoms with E-state index in [0.29, 0.717) is 21.2 Å². The van der Waals surface area contributed by atoms with E-state index < -0.39 is 11.9 Å². The van der Waals surface area contributed by atoms with Crippen molar-refractivity contribution in [3.63, 3.8) is 0 Å². The summed E-state index contributed by atoms with van der Waals surface area (Å²) in [4.78, 5) is 30.0. The average molecular weight is 407 g/mol. The Hall–Kier alpha value is -2.22. The van der Waals surface area contributed by atoms with Gasteiger partial charge in [0.15, 0.2) is 11.4 Å². The van der Waals surface area contributed by atoms with Crippen molar-refractivity contribution in [3.05, 3.63) is 73.1 Å². The molecule has 0 bridgehead atoms. The van der Waals surface area contributed by atoms with Crippen molar-refractivity contribution < 1.29 is 14.3 Å². The van der Waals surface area contributed by atoms with Crippen LogP contribution in [-0.2, 0) is 16.1 Å². The molecule has 5 nitrogen and oxygen atoms in total. The zero-order valence-electron chi connectivity index (χ0n) is 13.8. The molecule has 26 heavy (non-hydrogen) atoms. The lowest BCUT2D eigenvalue weighted by molar-refractivity contribution is -0.121. The predicted molar refractivity (Wildman–Crippen MR) is 103 cm³/mol. The molecule has 0 saturated carbocycles. The van der Waals surface area contributed by atoms with Crippen LogP contribution in [0.4, 0.5) is 0 Å². The van der Waals surface area contributed by atoms with E-state index in [0.717, 1.165) is 10.4 Å². The Morgan fingerprint density at radius 1 is 1.23 bits per heavy atom. The lowest BCUT2D eigenvalue weighted by Crippen LogP contribution is -2.19. The van der Waals surface area contributed by atoms with Crippen molar-refractivity contribution in [2.75, 3.05) is 6.61 Å². The molecule has 0 N–H and O–H groups in total. The number of carbonyl (C=O) groups is 2. The van der Waals surface area contributed by atoms with E-state index in [9.17, 15) is 9.59 Å². The van der Waals surface area contributed by atoms with E-state index in [1.807, 2.05) is 53.4 Å². The summed E-state index contributed by atoms with van der Waals surface area (Å²) in [6.45, 7) is 2.01. The summed E-state index contributed by atoms with van der Waals surface area (Å²) in [5.41, 5.74) is 0.931. The first-order valence-corrected chi connectivity index (χ1v) is 9.79. The molecule has 0 atom stereocenters. The molecule has 0 aliphatic heterocycles. The Morgan fingerprint density at radius 2 is 2.04 bits per heavy atom. The molecule has 2 aromatic heterocycles. The maximum absolute atomic E-state index is 12.0. The fraction of sp³-hybridized carbons (Fsp3) is 0.167. The molecule has 2 heterocycles. The molecule has 0 spiro atoms. The van der Waals surface area contributed by atoms with E-state index in [1.54, 1.807) is 6.07 Å². The quantitative estimate of drug-likeness (QED) is 0.603. The Balaban J connectivity index is 1.66. The molecule has 0 fully saturated rings. The van der Waals surface area contributed by atoms with Crippen molar-refractivity contribution in [1.29, 1.82) is 0 Å². The van der Waals surface area contributed by atoms with Crippen LogP contribution < -0.4 is 4.80 Å². The molecule has 0 aliphatic carbocycles. The van der Waals surface area contributed by atoms with Gasteiger partial charge in [0.2, 0.25) is 0 Å². The van der Waals surface area contributed by atoms with Crippen LogP contribution in [0.25, 0.3) is 0 Å². The van der Waals surface area contributed by atoms with Crippen LogP contribution >= 0.6 is 34.3 Å². The van der Waals surface area contributed by atoms with Crippen LogP contribution in [0.2, 0.25) is 5.02 Å². The van der Waals surface area contributed by atoms with Gasteiger partial charge in [0.1, 0.15) is 4.88 Å². The first-order chi connectivity index (χ1) is 12.5. The minimum Gasteiger partial charge on any atom is -0.451 e. The SMILES string of the molecule is Cc1ccc(C(=O)OCC(=O)N=c2sccn2Cc2ccccc2Cl)s1. The van der Waals surface area contributed by atoms with Crippen molar-refractivity contribution in [2.24, 2.45) is 4.99 Å².